The number of halogens is 2. The summed E-state index contributed by atoms with van der Waals surface area (Å²) in [5.41, 5.74) is 0.851. The summed E-state index contributed by atoms with van der Waals surface area (Å²) in [5, 5.41) is 5.66. The number of benzene rings is 1. The van der Waals surface area contributed by atoms with Crippen molar-refractivity contribution in [2.75, 3.05) is 18.4 Å². The second-order valence-corrected chi connectivity index (χ2v) is 9.64. The number of aromatic nitrogens is 1. The number of rotatable bonds is 4. The third-order valence-corrected chi connectivity index (χ3v) is 7.68. The van der Waals surface area contributed by atoms with Crippen LogP contribution in [0.2, 0.25) is 10.0 Å². The molecule has 26 heavy (non-hydrogen) atoms. The molecule has 1 aliphatic rings. The van der Waals surface area contributed by atoms with Gasteiger partial charge in [0.1, 0.15) is 4.90 Å². The predicted molar refractivity (Wildman–Crippen MR) is 103 cm³/mol. The van der Waals surface area contributed by atoms with Crippen LogP contribution < -0.4 is 5.32 Å². The number of carbonyl (C=O) groups excluding carboxylic acids is 1. The smallest absolute Gasteiger partial charge is 0.244 e. The highest BCUT2D eigenvalue weighted by molar-refractivity contribution is 7.89. The van der Waals surface area contributed by atoms with Crippen molar-refractivity contribution < 1.29 is 13.2 Å². The summed E-state index contributed by atoms with van der Waals surface area (Å²) >= 11 is 13.3. The highest BCUT2D eigenvalue weighted by Crippen LogP contribution is 2.30. The van der Waals surface area contributed by atoms with Crippen molar-refractivity contribution in [2.24, 2.45) is 5.92 Å². The lowest BCUT2D eigenvalue weighted by Gasteiger charge is -2.30. The summed E-state index contributed by atoms with van der Waals surface area (Å²) in [6.45, 7) is 2.36. The number of nitrogens with one attached hydrogen (secondary N) is 1. The molecule has 1 aromatic heterocycles. The SMILES string of the molecule is Cc1csc(NC(=O)C2CCN(S(=O)(=O)c3cc(Cl)ccc3Cl)CC2)n1. The van der Waals surface area contributed by atoms with Gasteiger partial charge in [-0.3, -0.25) is 4.79 Å². The first kappa shape index (κ1) is 19.6. The van der Waals surface area contributed by atoms with Gasteiger partial charge in [0.05, 0.1) is 10.7 Å². The Hall–Kier alpha value is -1.19. The van der Waals surface area contributed by atoms with Crippen LogP contribution in [0, 0.1) is 12.8 Å². The summed E-state index contributed by atoms with van der Waals surface area (Å²) in [6, 6.07) is 4.36. The number of thiazole rings is 1. The quantitative estimate of drug-likeness (QED) is 0.794. The maximum absolute atomic E-state index is 12.8. The molecule has 1 aliphatic heterocycles. The number of hydrogen-bond donors (Lipinski definition) is 1. The maximum atomic E-state index is 12.8. The largest absolute Gasteiger partial charge is 0.302 e. The molecule has 1 saturated heterocycles. The van der Waals surface area contributed by atoms with Crippen molar-refractivity contribution >= 4 is 55.6 Å². The van der Waals surface area contributed by atoms with Crippen molar-refractivity contribution in [1.82, 2.24) is 9.29 Å². The minimum Gasteiger partial charge on any atom is -0.302 e. The van der Waals surface area contributed by atoms with Gasteiger partial charge in [-0.2, -0.15) is 4.31 Å². The molecule has 1 fully saturated rings. The van der Waals surface area contributed by atoms with E-state index in [2.05, 4.69) is 10.3 Å². The summed E-state index contributed by atoms with van der Waals surface area (Å²) in [4.78, 5) is 16.6. The molecule has 0 radical (unpaired) electrons. The van der Waals surface area contributed by atoms with E-state index in [1.165, 1.54) is 27.8 Å². The van der Waals surface area contributed by atoms with E-state index in [1.54, 1.807) is 6.07 Å². The summed E-state index contributed by atoms with van der Waals surface area (Å²) in [7, 11) is -3.74. The predicted octanol–water partition coefficient (Wildman–Crippen LogP) is 3.80. The number of piperidine rings is 1. The molecule has 2 aromatic rings. The van der Waals surface area contributed by atoms with Crippen LogP contribution in [0.25, 0.3) is 0 Å². The Morgan fingerprint density at radius 3 is 2.62 bits per heavy atom. The molecule has 1 N–H and O–H groups in total. The van der Waals surface area contributed by atoms with Crippen LogP contribution in [0.3, 0.4) is 0 Å². The number of amides is 1. The number of sulfonamides is 1. The fourth-order valence-corrected chi connectivity index (χ4v) is 5.69. The molecule has 0 saturated carbocycles. The van der Waals surface area contributed by atoms with E-state index >= 15 is 0 Å². The molecule has 2 heterocycles. The van der Waals surface area contributed by atoms with Crippen LogP contribution in [0.5, 0.6) is 0 Å². The number of anilines is 1. The summed E-state index contributed by atoms with van der Waals surface area (Å²) in [5.74, 6) is -0.377. The van der Waals surface area contributed by atoms with Crippen molar-refractivity contribution in [3.05, 3.63) is 39.3 Å². The van der Waals surface area contributed by atoms with Crippen molar-refractivity contribution in [3.63, 3.8) is 0 Å². The molecule has 140 valence electrons. The molecule has 10 heteroatoms. The van der Waals surface area contributed by atoms with Crippen LogP contribution in [-0.4, -0.2) is 36.7 Å². The molecule has 0 bridgehead atoms. The minimum absolute atomic E-state index is 0.00664. The third kappa shape index (κ3) is 4.20. The second kappa shape index (κ2) is 7.82. The molecule has 3 rings (SSSR count). The average molecular weight is 434 g/mol. The lowest BCUT2D eigenvalue weighted by molar-refractivity contribution is -0.120. The van der Waals surface area contributed by atoms with E-state index in [0.717, 1.165) is 5.69 Å². The van der Waals surface area contributed by atoms with Crippen LogP contribution in [0.4, 0.5) is 5.13 Å². The fraction of sp³-hybridized carbons (Fsp3) is 0.375. The first-order valence-electron chi connectivity index (χ1n) is 7.95. The van der Waals surface area contributed by atoms with Gasteiger partial charge in [-0.25, -0.2) is 13.4 Å². The van der Waals surface area contributed by atoms with Gasteiger partial charge < -0.3 is 5.32 Å². The molecular weight excluding hydrogens is 417 g/mol. The monoisotopic (exact) mass is 433 g/mol. The normalized spacial score (nSPS) is 16.6. The van der Waals surface area contributed by atoms with E-state index in [1.807, 2.05) is 12.3 Å². The standard InChI is InChI=1S/C16H17Cl2N3O3S2/c1-10-9-25-16(19-10)20-15(22)11-4-6-21(7-5-11)26(23,24)14-8-12(17)2-3-13(14)18/h2-3,8-9,11H,4-7H2,1H3,(H,19,20,22). The van der Waals surface area contributed by atoms with Crippen LogP contribution in [0.1, 0.15) is 18.5 Å². The third-order valence-electron chi connectivity index (χ3n) is 4.18. The first-order chi connectivity index (χ1) is 12.3. The number of carbonyl (C=O) groups is 1. The molecule has 0 spiro atoms. The van der Waals surface area contributed by atoms with Gasteiger partial charge in [-0.05, 0) is 38.0 Å². The molecule has 0 aliphatic carbocycles. The van der Waals surface area contributed by atoms with E-state index in [-0.39, 0.29) is 34.8 Å². The van der Waals surface area contributed by atoms with Gasteiger partial charge in [0.2, 0.25) is 15.9 Å². The van der Waals surface area contributed by atoms with Gasteiger partial charge in [-0.15, -0.1) is 11.3 Å². The van der Waals surface area contributed by atoms with Crippen molar-refractivity contribution in [1.29, 1.82) is 0 Å². The zero-order chi connectivity index (χ0) is 18.9. The topological polar surface area (TPSA) is 79.4 Å². The fourth-order valence-electron chi connectivity index (χ4n) is 2.79. The Balaban J connectivity index is 1.66. The Bertz CT molecular complexity index is 923. The molecular formula is C16H17Cl2N3O3S2. The van der Waals surface area contributed by atoms with Gasteiger partial charge >= 0.3 is 0 Å². The Labute approximate surface area is 166 Å². The van der Waals surface area contributed by atoms with Crippen molar-refractivity contribution in [2.45, 2.75) is 24.7 Å². The van der Waals surface area contributed by atoms with E-state index in [0.29, 0.717) is 23.0 Å². The summed E-state index contributed by atoms with van der Waals surface area (Å²) < 4.78 is 27.0. The van der Waals surface area contributed by atoms with Gasteiger partial charge in [0, 0.05) is 29.4 Å². The zero-order valence-corrected chi connectivity index (χ0v) is 17.1. The van der Waals surface area contributed by atoms with E-state index < -0.39 is 10.0 Å². The zero-order valence-electron chi connectivity index (χ0n) is 13.9. The van der Waals surface area contributed by atoms with Crippen LogP contribution in [-0.2, 0) is 14.8 Å². The maximum Gasteiger partial charge on any atom is 0.244 e. The van der Waals surface area contributed by atoms with Gasteiger partial charge in [0.25, 0.3) is 0 Å². The van der Waals surface area contributed by atoms with Crippen LogP contribution >= 0.6 is 34.5 Å². The molecule has 1 amide bonds. The Kier molecular flexibility index (Phi) is 5.88. The number of nitrogens with zero attached hydrogens (tertiary/aromatic N) is 2. The molecule has 1 aromatic carbocycles. The molecule has 6 nitrogen and oxygen atoms in total. The highest BCUT2D eigenvalue weighted by atomic mass is 35.5. The lowest BCUT2D eigenvalue weighted by Crippen LogP contribution is -2.41. The van der Waals surface area contributed by atoms with Crippen molar-refractivity contribution in [3.8, 4) is 0 Å². The van der Waals surface area contributed by atoms with Gasteiger partial charge in [-0.1, -0.05) is 23.2 Å². The minimum atomic E-state index is -3.74. The molecule has 0 unspecified atom stereocenters. The Morgan fingerprint density at radius 1 is 1.31 bits per heavy atom. The van der Waals surface area contributed by atoms with Gasteiger partial charge in [0.15, 0.2) is 5.13 Å². The summed E-state index contributed by atoms with van der Waals surface area (Å²) in [6.07, 6.45) is 0.876. The number of aryl methyl sites for hydroxylation is 1. The van der Waals surface area contributed by atoms with Crippen LogP contribution in [0.15, 0.2) is 28.5 Å². The lowest BCUT2D eigenvalue weighted by atomic mass is 9.97. The molecule has 0 atom stereocenters. The highest BCUT2D eigenvalue weighted by Gasteiger charge is 2.33. The number of hydrogen-bond acceptors (Lipinski definition) is 5. The van der Waals surface area contributed by atoms with E-state index in [4.69, 9.17) is 23.2 Å². The average Bonchev–Trinajstić information content (AvgIpc) is 3.02. The van der Waals surface area contributed by atoms with E-state index in [9.17, 15) is 13.2 Å². The second-order valence-electron chi connectivity index (χ2n) is 6.04. The Morgan fingerprint density at radius 2 is 2.00 bits per heavy atom. The first-order valence-corrected chi connectivity index (χ1v) is 11.0.